The van der Waals surface area contributed by atoms with E-state index in [1.807, 2.05) is 62.5 Å². The van der Waals surface area contributed by atoms with Gasteiger partial charge in [0.2, 0.25) is 5.91 Å². The normalized spacial score (nSPS) is 26.3. The molecule has 3 N–H and O–H groups in total. The van der Waals surface area contributed by atoms with Crippen molar-refractivity contribution in [3.05, 3.63) is 90.0 Å². The quantitative estimate of drug-likeness (QED) is 0.330. The number of carbonyl (C=O) groups excluding carboxylic acids is 3. The molecule has 3 aromatic carbocycles. The number of anilines is 3. The second kappa shape index (κ2) is 11.6. The van der Waals surface area contributed by atoms with Gasteiger partial charge in [-0.15, -0.1) is 0 Å². The number of hydrogen-bond acceptors (Lipinski definition) is 6. The average Bonchev–Trinajstić information content (AvgIpc) is 3.67. The molecular weight excluding hydrogens is 574 g/mol. The Morgan fingerprint density at radius 3 is 2.39 bits per heavy atom. The summed E-state index contributed by atoms with van der Waals surface area (Å²) in [6.45, 7) is 6.04. The summed E-state index contributed by atoms with van der Waals surface area (Å²) in [5.74, 6) is -1.18. The summed E-state index contributed by atoms with van der Waals surface area (Å²) in [6.07, 6.45) is 0.858. The number of rotatable bonds is 7. The van der Waals surface area contributed by atoms with Gasteiger partial charge in [0.05, 0.1) is 30.9 Å². The zero-order valence-electron chi connectivity index (χ0n) is 25.3. The molecule has 1 spiro atoms. The van der Waals surface area contributed by atoms with Crippen molar-refractivity contribution < 1.29 is 29.0 Å². The summed E-state index contributed by atoms with van der Waals surface area (Å²) in [7, 11) is -3.00. The van der Waals surface area contributed by atoms with E-state index in [-0.39, 0.29) is 36.8 Å². The molecule has 3 aromatic rings. The number of fused-ring (bicyclic) bond motifs is 2. The van der Waals surface area contributed by atoms with Gasteiger partial charge in [-0.1, -0.05) is 43.3 Å². The number of aliphatic hydroxyl groups is 1. The SMILES string of the molecule is C[C@@H]1[C@@H]([Si](C)(C)O)[C@H](CC(=O)N2CCC[C@H]2CO)O[C@@]12C(=O)N(c1ccccc1)c1ccc(NC(=O)c3ccccc3)cc12. The van der Waals surface area contributed by atoms with Crippen molar-refractivity contribution in [2.75, 3.05) is 23.4 Å². The number of nitrogens with zero attached hydrogens (tertiary/aromatic N) is 2. The summed E-state index contributed by atoms with van der Waals surface area (Å²) in [5.41, 5.74) is 0.998. The molecule has 3 amide bonds. The number of likely N-dealkylation sites (tertiary alicyclic amines) is 1. The Morgan fingerprint density at radius 2 is 1.73 bits per heavy atom. The third kappa shape index (κ3) is 5.05. The van der Waals surface area contributed by atoms with Gasteiger partial charge in [-0.05, 0) is 68.4 Å². The van der Waals surface area contributed by atoms with E-state index in [1.54, 1.807) is 46.2 Å². The van der Waals surface area contributed by atoms with Crippen molar-refractivity contribution in [3.8, 4) is 0 Å². The summed E-state index contributed by atoms with van der Waals surface area (Å²) >= 11 is 0. The third-order valence-electron chi connectivity index (χ3n) is 9.48. The van der Waals surface area contributed by atoms with Crippen molar-refractivity contribution in [2.24, 2.45) is 5.92 Å². The second-order valence-electron chi connectivity index (χ2n) is 12.7. The number of para-hydroxylation sites is 1. The minimum absolute atomic E-state index is 0.00261. The number of aliphatic hydroxyl groups excluding tert-OH is 1. The Hall–Kier alpha value is -3.83. The lowest BCUT2D eigenvalue weighted by Crippen LogP contribution is -2.45. The van der Waals surface area contributed by atoms with Crippen LogP contribution in [0.4, 0.5) is 17.1 Å². The highest BCUT2D eigenvalue weighted by Gasteiger charge is 2.66. The molecule has 10 heteroatoms. The van der Waals surface area contributed by atoms with Crippen LogP contribution in [-0.2, 0) is 19.9 Å². The Bertz CT molecular complexity index is 1560. The van der Waals surface area contributed by atoms with E-state index < -0.39 is 31.5 Å². The average molecular weight is 614 g/mol. The Balaban J connectivity index is 1.43. The van der Waals surface area contributed by atoms with Gasteiger partial charge in [0.1, 0.15) is 0 Å². The summed E-state index contributed by atoms with van der Waals surface area (Å²) < 4.78 is 6.86. The monoisotopic (exact) mass is 613 g/mol. The van der Waals surface area contributed by atoms with Crippen LogP contribution in [0.5, 0.6) is 0 Å². The molecule has 0 aromatic heterocycles. The lowest BCUT2D eigenvalue weighted by atomic mass is 9.82. The van der Waals surface area contributed by atoms with Crippen LogP contribution in [0.15, 0.2) is 78.9 Å². The Labute approximate surface area is 258 Å². The van der Waals surface area contributed by atoms with Gasteiger partial charge >= 0.3 is 0 Å². The molecule has 0 aliphatic carbocycles. The molecule has 9 nitrogen and oxygen atoms in total. The smallest absolute Gasteiger partial charge is 0.268 e. The molecule has 0 bridgehead atoms. The van der Waals surface area contributed by atoms with Crippen LogP contribution < -0.4 is 10.2 Å². The van der Waals surface area contributed by atoms with Crippen LogP contribution in [0.25, 0.3) is 0 Å². The molecule has 5 atom stereocenters. The molecule has 2 saturated heterocycles. The third-order valence-corrected chi connectivity index (χ3v) is 12.0. The molecule has 6 rings (SSSR count). The molecule has 3 aliphatic rings. The minimum atomic E-state index is -3.00. The molecule has 0 radical (unpaired) electrons. The van der Waals surface area contributed by atoms with Crippen molar-refractivity contribution in [2.45, 2.75) is 62.6 Å². The van der Waals surface area contributed by atoms with E-state index in [2.05, 4.69) is 5.32 Å². The molecular formula is C34H39N3O6Si. The fraction of sp³-hybridized carbons (Fsp3) is 0.382. The first-order chi connectivity index (χ1) is 21.1. The van der Waals surface area contributed by atoms with E-state index in [9.17, 15) is 24.3 Å². The number of nitrogens with one attached hydrogen (secondary N) is 1. The summed E-state index contributed by atoms with van der Waals surface area (Å²) in [4.78, 5) is 56.4. The Kier molecular flexibility index (Phi) is 7.96. The Morgan fingerprint density at radius 1 is 1.05 bits per heavy atom. The molecule has 3 heterocycles. The van der Waals surface area contributed by atoms with Crippen molar-refractivity contribution in [1.82, 2.24) is 4.90 Å². The van der Waals surface area contributed by atoms with Crippen LogP contribution >= 0.6 is 0 Å². The molecule has 44 heavy (non-hydrogen) atoms. The van der Waals surface area contributed by atoms with Gasteiger partial charge in [-0.3, -0.25) is 19.3 Å². The van der Waals surface area contributed by atoms with Crippen LogP contribution in [-0.4, -0.2) is 66.1 Å². The number of benzene rings is 3. The standard InChI is InChI=1S/C34H39N3O6Si/c1-22-31(44(2,3)42)29(20-30(39)36-18-10-15-26(36)21-38)43-34(22)27-19-24(35-32(40)23-11-6-4-7-12-23)16-17-28(27)37(33(34)41)25-13-8-5-9-14-25/h4-9,11-14,16-17,19,22,26,29,31,38,42H,10,15,18,20-21H2,1-3H3,(H,35,40)/t22-,26+,29+,31-,34+/m1/s1. The predicted molar refractivity (Wildman–Crippen MR) is 170 cm³/mol. The topological polar surface area (TPSA) is 119 Å². The highest BCUT2D eigenvalue weighted by atomic mass is 28.4. The van der Waals surface area contributed by atoms with Gasteiger partial charge in [0.25, 0.3) is 11.8 Å². The second-order valence-corrected chi connectivity index (χ2v) is 16.6. The number of amides is 3. The highest BCUT2D eigenvalue weighted by molar-refractivity contribution is 6.71. The fourth-order valence-corrected chi connectivity index (χ4v) is 10.1. The maximum atomic E-state index is 14.7. The van der Waals surface area contributed by atoms with Crippen molar-refractivity contribution in [1.29, 1.82) is 0 Å². The first-order valence-electron chi connectivity index (χ1n) is 15.3. The van der Waals surface area contributed by atoms with Gasteiger partial charge in [0, 0.05) is 40.5 Å². The van der Waals surface area contributed by atoms with Gasteiger partial charge in [-0.2, -0.15) is 0 Å². The molecule has 0 unspecified atom stereocenters. The maximum Gasteiger partial charge on any atom is 0.268 e. The van der Waals surface area contributed by atoms with E-state index >= 15 is 0 Å². The summed E-state index contributed by atoms with van der Waals surface area (Å²) in [6, 6.07) is 23.4. The van der Waals surface area contributed by atoms with Crippen LogP contribution in [0, 0.1) is 5.92 Å². The van der Waals surface area contributed by atoms with E-state index in [4.69, 9.17) is 4.74 Å². The highest BCUT2D eigenvalue weighted by Crippen LogP contribution is 2.61. The lowest BCUT2D eigenvalue weighted by Gasteiger charge is -2.33. The molecule has 0 saturated carbocycles. The van der Waals surface area contributed by atoms with E-state index in [0.717, 1.165) is 12.8 Å². The lowest BCUT2D eigenvalue weighted by molar-refractivity contribution is -0.149. The van der Waals surface area contributed by atoms with Crippen LogP contribution in [0.3, 0.4) is 0 Å². The van der Waals surface area contributed by atoms with Crippen molar-refractivity contribution >= 4 is 43.1 Å². The molecule has 230 valence electrons. The predicted octanol–water partition coefficient (Wildman–Crippen LogP) is 4.79. The molecule has 3 aliphatic heterocycles. The zero-order valence-corrected chi connectivity index (χ0v) is 26.3. The van der Waals surface area contributed by atoms with E-state index in [1.165, 1.54) is 0 Å². The minimum Gasteiger partial charge on any atom is -0.432 e. The van der Waals surface area contributed by atoms with Crippen LogP contribution in [0.2, 0.25) is 18.6 Å². The van der Waals surface area contributed by atoms with Crippen LogP contribution in [0.1, 0.15) is 42.1 Å². The fourth-order valence-electron chi connectivity index (χ4n) is 7.55. The van der Waals surface area contributed by atoms with Gasteiger partial charge in [-0.25, -0.2) is 0 Å². The van der Waals surface area contributed by atoms with Gasteiger partial charge in [0.15, 0.2) is 13.9 Å². The molecule has 2 fully saturated rings. The number of carbonyl (C=O) groups is 3. The van der Waals surface area contributed by atoms with E-state index in [0.29, 0.717) is 34.7 Å². The first-order valence-corrected chi connectivity index (χ1v) is 18.3. The number of hydrogen-bond donors (Lipinski definition) is 3. The summed E-state index contributed by atoms with van der Waals surface area (Å²) in [5, 5.41) is 12.8. The zero-order chi connectivity index (χ0) is 31.2. The van der Waals surface area contributed by atoms with Gasteiger partial charge < -0.3 is 24.9 Å². The van der Waals surface area contributed by atoms with Crippen molar-refractivity contribution in [3.63, 3.8) is 0 Å². The first kappa shape index (κ1) is 30.2. The number of ether oxygens (including phenoxy) is 1. The maximum absolute atomic E-state index is 14.7. The largest absolute Gasteiger partial charge is 0.432 e.